The van der Waals surface area contributed by atoms with Crippen LogP contribution in [0.15, 0.2) is 72.8 Å². The number of nitrogen functional groups attached to an aromatic ring is 1. The predicted molar refractivity (Wildman–Crippen MR) is 115 cm³/mol. The van der Waals surface area contributed by atoms with Gasteiger partial charge in [-0.2, -0.15) is 0 Å². The number of hydrogen-bond donors (Lipinski definition) is 4. The number of aliphatic hydroxyl groups excluding tert-OH is 1. The molecule has 3 aromatic rings. The van der Waals surface area contributed by atoms with Crippen molar-refractivity contribution < 1.29 is 9.90 Å². The van der Waals surface area contributed by atoms with Gasteiger partial charge in [0, 0.05) is 12.2 Å². The van der Waals surface area contributed by atoms with Crippen LogP contribution < -0.4 is 16.4 Å². The molecule has 5 N–H and O–H groups in total. The molecule has 0 aliphatic rings. The van der Waals surface area contributed by atoms with Crippen LogP contribution in [0.3, 0.4) is 0 Å². The summed E-state index contributed by atoms with van der Waals surface area (Å²) in [7, 11) is 0. The molecule has 0 fully saturated rings. The van der Waals surface area contributed by atoms with E-state index >= 15 is 0 Å². The van der Waals surface area contributed by atoms with E-state index in [2.05, 4.69) is 15.6 Å². The van der Waals surface area contributed by atoms with Crippen molar-refractivity contribution in [3.8, 4) is 0 Å². The minimum Gasteiger partial charge on any atom is -0.387 e. The van der Waals surface area contributed by atoms with Gasteiger partial charge >= 0.3 is 0 Å². The van der Waals surface area contributed by atoms with E-state index in [4.69, 9.17) is 5.73 Å². The number of nitrogens with one attached hydrogen (secondary N) is 2. The molecule has 1 atom stereocenters. The van der Waals surface area contributed by atoms with Gasteiger partial charge in [-0.1, -0.05) is 48.5 Å². The number of benzene rings is 2. The Kier molecular flexibility index (Phi) is 7.33. The summed E-state index contributed by atoms with van der Waals surface area (Å²) >= 11 is 0. The smallest absolute Gasteiger partial charge is 0.230 e. The number of aromatic nitrogens is 1. The van der Waals surface area contributed by atoms with Crippen molar-refractivity contribution in [3.63, 3.8) is 0 Å². The number of carbonyl (C=O) groups excluding carboxylic acids is 1. The summed E-state index contributed by atoms with van der Waals surface area (Å²) in [4.78, 5) is 16.3. The standard InChI is InChI=1S/C23H26N4O2/c24-22-8-4-7-20(26-22)15-23(29)27-19-11-9-17(10-12-19)13-14-25-16-21(28)18-5-2-1-3-6-18/h1-12,21,25,28H,13-16H2,(H2,24,26)(H,27,29)/t21-/m0/s1. The van der Waals surface area contributed by atoms with Gasteiger partial charge in [0.2, 0.25) is 5.91 Å². The summed E-state index contributed by atoms with van der Waals surface area (Å²) in [5.41, 5.74) is 9.09. The van der Waals surface area contributed by atoms with E-state index in [0.717, 1.165) is 29.8 Å². The quantitative estimate of drug-likeness (QED) is 0.421. The Bertz CT molecular complexity index is 914. The third-order valence-electron chi connectivity index (χ3n) is 4.52. The molecule has 0 aliphatic carbocycles. The number of anilines is 2. The Morgan fingerprint density at radius 3 is 2.48 bits per heavy atom. The number of nitrogens with two attached hydrogens (primary N) is 1. The highest BCUT2D eigenvalue weighted by molar-refractivity contribution is 5.92. The lowest BCUT2D eigenvalue weighted by Gasteiger charge is -2.12. The summed E-state index contributed by atoms with van der Waals surface area (Å²) in [5, 5.41) is 16.3. The average Bonchev–Trinajstić information content (AvgIpc) is 2.73. The average molecular weight is 390 g/mol. The van der Waals surface area contributed by atoms with Gasteiger partial charge < -0.3 is 21.5 Å². The first-order valence-electron chi connectivity index (χ1n) is 9.64. The molecule has 6 nitrogen and oxygen atoms in total. The zero-order valence-electron chi connectivity index (χ0n) is 16.2. The van der Waals surface area contributed by atoms with Crippen LogP contribution in [-0.2, 0) is 17.6 Å². The van der Waals surface area contributed by atoms with Crippen LogP contribution in [0.25, 0.3) is 0 Å². The zero-order valence-corrected chi connectivity index (χ0v) is 16.2. The molecular weight excluding hydrogens is 364 g/mol. The Morgan fingerprint density at radius 2 is 1.76 bits per heavy atom. The second-order valence-corrected chi connectivity index (χ2v) is 6.86. The maximum absolute atomic E-state index is 12.1. The SMILES string of the molecule is Nc1cccc(CC(=O)Nc2ccc(CCNC[C@H](O)c3ccccc3)cc2)n1. The highest BCUT2D eigenvalue weighted by Crippen LogP contribution is 2.12. The number of carbonyl (C=O) groups is 1. The second-order valence-electron chi connectivity index (χ2n) is 6.86. The molecule has 150 valence electrons. The maximum atomic E-state index is 12.1. The first-order chi connectivity index (χ1) is 14.1. The van der Waals surface area contributed by atoms with Crippen molar-refractivity contribution in [2.24, 2.45) is 0 Å². The first-order valence-corrected chi connectivity index (χ1v) is 9.64. The number of pyridine rings is 1. The molecule has 0 bridgehead atoms. The Hall–Kier alpha value is -3.22. The molecule has 2 aromatic carbocycles. The first kappa shape index (κ1) is 20.5. The molecule has 1 amide bonds. The van der Waals surface area contributed by atoms with E-state index in [1.807, 2.05) is 54.6 Å². The molecule has 1 aromatic heterocycles. The molecule has 0 spiro atoms. The van der Waals surface area contributed by atoms with Crippen molar-refractivity contribution >= 4 is 17.4 Å². The zero-order chi connectivity index (χ0) is 20.5. The Balaban J connectivity index is 1.40. The predicted octanol–water partition coefficient (Wildman–Crippen LogP) is 2.71. The number of amides is 1. The molecule has 0 unspecified atom stereocenters. The summed E-state index contributed by atoms with van der Waals surface area (Å²) in [6, 6.07) is 22.6. The monoisotopic (exact) mass is 390 g/mol. The minimum absolute atomic E-state index is 0.132. The number of rotatable bonds is 9. The summed E-state index contributed by atoms with van der Waals surface area (Å²) in [5.74, 6) is 0.275. The van der Waals surface area contributed by atoms with E-state index in [1.54, 1.807) is 18.2 Å². The molecular formula is C23H26N4O2. The van der Waals surface area contributed by atoms with Crippen LogP contribution in [0.4, 0.5) is 11.5 Å². The van der Waals surface area contributed by atoms with Gasteiger partial charge in [-0.05, 0) is 48.4 Å². The van der Waals surface area contributed by atoms with Crippen molar-refractivity contribution in [1.82, 2.24) is 10.3 Å². The van der Waals surface area contributed by atoms with Crippen LogP contribution in [-0.4, -0.2) is 29.1 Å². The van der Waals surface area contributed by atoms with Crippen LogP contribution in [0, 0.1) is 0 Å². The van der Waals surface area contributed by atoms with Crippen LogP contribution >= 0.6 is 0 Å². The van der Waals surface area contributed by atoms with E-state index in [1.165, 1.54) is 0 Å². The van der Waals surface area contributed by atoms with Gasteiger partial charge in [-0.15, -0.1) is 0 Å². The van der Waals surface area contributed by atoms with Gasteiger partial charge in [0.05, 0.1) is 18.2 Å². The van der Waals surface area contributed by atoms with Crippen LogP contribution in [0.5, 0.6) is 0 Å². The van der Waals surface area contributed by atoms with Crippen molar-refractivity contribution in [2.45, 2.75) is 18.9 Å². The van der Waals surface area contributed by atoms with Gasteiger partial charge in [0.1, 0.15) is 5.82 Å². The van der Waals surface area contributed by atoms with Gasteiger partial charge in [0.15, 0.2) is 0 Å². The van der Waals surface area contributed by atoms with E-state index in [9.17, 15) is 9.90 Å². The fraction of sp³-hybridized carbons (Fsp3) is 0.217. The molecule has 0 radical (unpaired) electrons. The minimum atomic E-state index is -0.511. The fourth-order valence-corrected chi connectivity index (χ4v) is 2.99. The molecule has 3 rings (SSSR count). The largest absolute Gasteiger partial charge is 0.387 e. The maximum Gasteiger partial charge on any atom is 0.230 e. The lowest BCUT2D eigenvalue weighted by atomic mass is 10.1. The normalized spacial score (nSPS) is 11.8. The highest BCUT2D eigenvalue weighted by Gasteiger charge is 2.07. The Morgan fingerprint density at radius 1 is 1.00 bits per heavy atom. The molecule has 29 heavy (non-hydrogen) atoms. The van der Waals surface area contributed by atoms with Crippen LogP contribution in [0.1, 0.15) is 22.9 Å². The Labute approximate surface area is 170 Å². The molecule has 0 aliphatic heterocycles. The molecule has 0 saturated carbocycles. The summed E-state index contributed by atoms with van der Waals surface area (Å²) in [6.45, 7) is 1.27. The number of aliphatic hydroxyl groups is 1. The summed E-state index contributed by atoms with van der Waals surface area (Å²) in [6.07, 6.45) is 0.506. The third kappa shape index (κ3) is 6.71. The van der Waals surface area contributed by atoms with E-state index < -0.39 is 6.10 Å². The molecule has 0 saturated heterocycles. The van der Waals surface area contributed by atoms with Gasteiger partial charge in [-0.25, -0.2) is 4.98 Å². The third-order valence-corrected chi connectivity index (χ3v) is 4.52. The number of nitrogens with zero attached hydrogens (tertiary/aromatic N) is 1. The van der Waals surface area contributed by atoms with Crippen molar-refractivity contribution in [1.29, 1.82) is 0 Å². The van der Waals surface area contributed by atoms with Crippen LogP contribution in [0.2, 0.25) is 0 Å². The molecule has 6 heteroatoms. The van der Waals surface area contributed by atoms with Gasteiger partial charge in [-0.3, -0.25) is 4.79 Å². The highest BCUT2D eigenvalue weighted by atomic mass is 16.3. The lowest BCUT2D eigenvalue weighted by Crippen LogP contribution is -2.23. The number of hydrogen-bond acceptors (Lipinski definition) is 5. The van der Waals surface area contributed by atoms with E-state index in [0.29, 0.717) is 18.1 Å². The summed E-state index contributed by atoms with van der Waals surface area (Å²) < 4.78 is 0. The fourth-order valence-electron chi connectivity index (χ4n) is 2.99. The van der Waals surface area contributed by atoms with E-state index in [-0.39, 0.29) is 12.3 Å². The van der Waals surface area contributed by atoms with Crippen molar-refractivity contribution in [3.05, 3.63) is 89.6 Å². The topological polar surface area (TPSA) is 100 Å². The van der Waals surface area contributed by atoms with Crippen molar-refractivity contribution in [2.75, 3.05) is 24.1 Å². The molecule has 1 heterocycles. The second kappa shape index (κ2) is 10.4. The van der Waals surface area contributed by atoms with Gasteiger partial charge in [0.25, 0.3) is 0 Å². The lowest BCUT2D eigenvalue weighted by molar-refractivity contribution is -0.115.